The number of ketones is 1. The maximum Gasteiger partial charge on any atom is 0.390 e. The predicted octanol–water partition coefficient (Wildman–Crippen LogP) is 1.52. The molecule has 0 saturated heterocycles. The molecule has 7 nitrogen and oxygen atoms in total. The molecule has 0 amide bonds. The Balaban J connectivity index is 2.19. The van der Waals surface area contributed by atoms with E-state index in [1.165, 1.54) is 16.9 Å². The first kappa shape index (κ1) is 13.9. The summed E-state index contributed by atoms with van der Waals surface area (Å²) in [6.07, 6.45) is 1.51. The molecule has 7 heteroatoms. The summed E-state index contributed by atoms with van der Waals surface area (Å²) >= 11 is 0. The van der Waals surface area contributed by atoms with Gasteiger partial charge in [0.15, 0.2) is 5.78 Å². The zero-order chi connectivity index (χ0) is 14.7. The van der Waals surface area contributed by atoms with Crippen LogP contribution in [0.5, 0.6) is 0 Å². The number of aromatic nitrogens is 2. The Labute approximate surface area is 115 Å². The van der Waals surface area contributed by atoms with Crippen LogP contribution in [0, 0.1) is 10.1 Å². The van der Waals surface area contributed by atoms with Gasteiger partial charge in [0.25, 0.3) is 0 Å². The van der Waals surface area contributed by atoms with Crippen LogP contribution in [0.4, 0.5) is 5.82 Å². The van der Waals surface area contributed by atoms with Crippen molar-refractivity contribution in [1.29, 1.82) is 0 Å². The standard InChI is InChI=1S/C13H14N4O3/c1-15(2)9-12(18)10-3-5-11(6-4-10)16-8-7-13(14-16)17(19)20/h3-8H,9H2,1-2H3. The highest BCUT2D eigenvalue weighted by Gasteiger charge is 2.13. The van der Waals surface area contributed by atoms with E-state index in [2.05, 4.69) is 5.10 Å². The van der Waals surface area contributed by atoms with Gasteiger partial charge in [-0.15, -0.1) is 4.68 Å². The summed E-state index contributed by atoms with van der Waals surface area (Å²) < 4.78 is 1.40. The van der Waals surface area contributed by atoms with E-state index in [-0.39, 0.29) is 11.6 Å². The van der Waals surface area contributed by atoms with Crippen LogP contribution in [0.25, 0.3) is 5.69 Å². The highest BCUT2D eigenvalue weighted by Crippen LogP contribution is 2.13. The van der Waals surface area contributed by atoms with Crippen molar-refractivity contribution in [3.05, 3.63) is 52.2 Å². The molecule has 0 atom stereocenters. The Morgan fingerprint density at radius 2 is 1.95 bits per heavy atom. The summed E-state index contributed by atoms with van der Waals surface area (Å²) in [6, 6.07) is 8.12. The minimum absolute atomic E-state index is 0.0213. The van der Waals surface area contributed by atoms with Gasteiger partial charge in [-0.3, -0.25) is 4.79 Å². The minimum atomic E-state index is -0.550. The molecule has 0 aliphatic heterocycles. The molecule has 1 aromatic carbocycles. The molecule has 1 aromatic heterocycles. The predicted molar refractivity (Wildman–Crippen MR) is 73.1 cm³/mol. The molecule has 0 bridgehead atoms. The summed E-state index contributed by atoms with van der Waals surface area (Å²) in [7, 11) is 3.66. The first-order chi connectivity index (χ1) is 9.47. The van der Waals surface area contributed by atoms with Crippen molar-refractivity contribution < 1.29 is 9.72 Å². The smallest absolute Gasteiger partial charge is 0.358 e. The lowest BCUT2D eigenvalue weighted by molar-refractivity contribution is -0.389. The van der Waals surface area contributed by atoms with Gasteiger partial charge >= 0.3 is 5.82 Å². The lowest BCUT2D eigenvalue weighted by Crippen LogP contribution is -2.21. The number of nitrogens with zero attached hydrogens (tertiary/aromatic N) is 4. The van der Waals surface area contributed by atoms with E-state index in [0.717, 1.165) is 0 Å². The van der Waals surface area contributed by atoms with Crippen LogP contribution in [0.1, 0.15) is 10.4 Å². The number of likely N-dealkylation sites (N-methyl/N-ethyl adjacent to an activating group) is 1. The van der Waals surface area contributed by atoms with Crippen LogP contribution < -0.4 is 0 Å². The zero-order valence-electron chi connectivity index (χ0n) is 11.2. The van der Waals surface area contributed by atoms with Gasteiger partial charge in [0.05, 0.1) is 29.6 Å². The molecular weight excluding hydrogens is 260 g/mol. The van der Waals surface area contributed by atoms with Crippen LogP contribution in [0.3, 0.4) is 0 Å². The first-order valence-electron chi connectivity index (χ1n) is 5.96. The molecule has 2 rings (SSSR count). The van der Waals surface area contributed by atoms with Gasteiger partial charge in [0.1, 0.15) is 0 Å². The Morgan fingerprint density at radius 3 is 2.45 bits per heavy atom. The van der Waals surface area contributed by atoms with E-state index in [4.69, 9.17) is 0 Å². The molecular formula is C13H14N4O3. The van der Waals surface area contributed by atoms with Gasteiger partial charge in [-0.25, -0.2) is 0 Å². The number of carbonyl (C=O) groups is 1. The van der Waals surface area contributed by atoms with E-state index in [1.54, 1.807) is 29.2 Å². The number of benzene rings is 1. The van der Waals surface area contributed by atoms with E-state index < -0.39 is 4.92 Å². The van der Waals surface area contributed by atoms with Gasteiger partial charge in [-0.2, -0.15) is 0 Å². The summed E-state index contributed by atoms with van der Waals surface area (Å²) in [4.78, 5) is 23.7. The Bertz CT molecular complexity index is 631. The highest BCUT2D eigenvalue weighted by molar-refractivity contribution is 5.97. The van der Waals surface area contributed by atoms with E-state index in [1.807, 2.05) is 14.1 Å². The second-order valence-corrected chi connectivity index (χ2v) is 4.58. The van der Waals surface area contributed by atoms with Crippen LogP contribution in [-0.4, -0.2) is 46.0 Å². The van der Waals surface area contributed by atoms with Crippen LogP contribution in [-0.2, 0) is 0 Å². The molecule has 0 fully saturated rings. The molecule has 0 aliphatic carbocycles. The quantitative estimate of drug-likeness (QED) is 0.469. The average Bonchev–Trinajstić information content (AvgIpc) is 2.88. The molecule has 1 heterocycles. The maximum atomic E-state index is 11.8. The third-order valence-corrected chi connectivity index (χ3v) is 2.68. The van der Waals surface area contributed by atoms with E-state index in [0.29, 0.717) is 17.8 Å². The molecule has 2 aromatic rings. The van der Waals surface area contributed by atoms with Crippen molar-refractivity contribution in [1.82, 2.24) is 14.7 Å². The second kappa shape index (κ2) is 5.62. The fraction of sp³-hybridized carbons (Fsp3) is 0.231. The van der Waals surface area contributed by atoms with Crippen molar-refractivity contribution in [3.8, 4) is 5.69 Å². The Morgan fingerprint density at radius 1 is 1.30 bits per heavy atom. The SMILES string of the molecule is CN(C)CC(=O)c1ccc(-n2ccc([N+](=O)[O-])n2)cc1. The molecule has 104 valence electrons. The number of nitro groups is 1. The van der Waals surface area contributed by atoms with Crippen LogP contribution in [0.2, 0.25) is 0 Å². The largest absolute Gasteiger partial charge is 0.390 e. The van der Waals surface area contributed by atoms with Gasteiger partial charge in [-0.05, 0) is 43.3 Å². The van der Waals surface area contributed by atoms with Crippen LogP contribution in [0.15, 0.2) is 36.5 Å². The van der Waals surface area contributed by atoms with Crippen molar-refractivity contribution in [2.45, 2.75) is 0 Å². The van der Waals surface area contributed by atoms with Crippen molar-refractivity contribution in [3.63, 3.8) is 0 Å². The normalized spacial score (nSPS) is 10.8. The fourth-order valence-corrected chi connectivity index (χ4v) is 1.73. The Hall–Kier alpha value is -2.54. The van der Waals surface area contributed by atoms with E-state index >= 15 is 0 Å². The van der Waals surface area contributed by atoms with Crippen molar-refractivity contribution in [2.24, 2.45) is 0 Å². The maximum absolute atomic E-state index is 11.8. The summed E-state index contributed by atoms with van der Waals surface area (Å²) in [5.41, 5.74) is 1.27. The molecule has 0 radical (unpaired) electrons. The summed E-state index contributed by atoms with van der Waals surface area (Å²) in [5.74, 6) is -0.189. The number of rotatable bonds is 5. The monoisotopic (exact) mass is 274 g/mol. The van der Waals surface area contributed by atoms with Gasteiger partial charge in [-0.1, -0.05) is 0 Å². The number of carbonyl (C=O) groups excluding carboxylic acids is 1. The molecule has 0 aliphatic rings. The molecule has 20 heavy (non-hydrogen) atoms. The molecule has 0 saturated carbocycles. The lowest BCUT2D eigenvalue weighted by Gasteiger charge is -2.08. The summed E-state index contributed by atoms with van der Waals surface area (Å²) in [6.45, 7) is 0.340. The number of hydrogen-bond donors (Lipinski definition) is 0. The third kappa shape index (κ3) is 3.07. The number of Topliss-reactive ketones (excluding diaryl/α,β-unsaturated/α-hetero) is 1. The molecule has 0 unspecified atom stereocenters. The van der Waals surface area contributed by atoms with Crippen molar-refractivity contribution >= 4 is 11.6 Å². The topological polar surface area (TPSA) is 81.3 Å². The Kier molecular flexibility index (Phi) is 3.90. The van der Waals surface area contributed by atoms with Gasteiger partial charge in [0.2, 0.25) is 0 Å². The molecule has 0 N–H and O–H groups in total. The lowest BCUT2D eigenvalue weighted by atomic mass is 10.1. The minimum Gasteiger partial charge on any atom is -0.358 e. The fourth-order valence-electron chi connectivity index (χ4n) is 1.73. The second-order valence-electron chi connectivity index (χ2n) is 4.58. The van der Waals surface area contributed by atoms with Gasteiger partial charge in [0, 0.05) is 5.56 Å². The average molecular weight is 274 g/mol. The van der Waals surface area contributed by atoms with Crippen LogP contribution >= 0.6 is 0 Å². The summed E-state index contributed by atoms with van der Waals surface area (Å²) in [5, 5.41) is 14.4. The van der Waals surface area contributed by atoms with Gasteiger partial charge < -0.3 is 15.0 Å². The van der Waals surface area contributed by atoms with Crippen molar-refractivity contribution in [2.75, 3.05) is 20.6 Å². The van der Waals surface area contributed by atoms with E-state index in [9.17, 15) is 14.9 Å². The molecule has 0 spiro atoms. The number of hydrogen-bond acceptors (Lipinski definition) is 5. The zero-order valence-corrected chi connectivity index (χ0v) is 11.2. The first-order valence-corrected chi connectivity index (χ1v) is 5.96. The third-order valence-electron chi connectivity index (χ3n) is 2.68. The highest BCUT2D eigenvalue weighted by atomic mass is 16.6.